The van der Waals surface area contributed by atoms with Crippen LogP contribution in [0.3, 0.4) is 0 Å². The molecule has 3 rings (SSSR count). The zero-order valence-electron chi connectivity index (χ0n) is 9.34. The number of hydrogen-bond acceptors (Lipinski definition) is 0. The molecule has 0 nitrogen and oxygen atoms in total. The van der Waals surface area contributed by atoms with Crippen molar-refractivity contribution in [2.75, 3.05) is 0 Å². The normalized spacial score (nSPS) is 13.8. The highest BCUT2D eigenvalue weighted by molar-refractivity contribution is 9.10. The molecule has 0 atom stereocenters. The fourth-order valence-corrected chi connectivity index (χ4v) is 3.40. The maximum absolute atomic E-state index is 3.66. The Kier molecular flexibility index (Phi) is 3.10. The number of benzene rings is 2. The van der Waals surface area contributed by atoms with Gasteiger partial charge in [0, 0.05) is 8.95 Å². The highest BCUT2D eigenvalue weighted by Gasteiger charge is 2.18. The Balaban J connectivity index is 2.16. The molecule has 0 amide bonds. The zero-order valence-corrected chi connectivity index (χ0v) is 12.5. The van der Waals surface area contributed by atoms with Crippen molar-refractivity contribution in [2.24, 2.45) is 0 Å². The summed E-state index contributed by atoms with van der Waals surface area (Å²) in [7, 11) is 0. The van der Waals surface area contributed by atoms with Crippen LogP contribution in [0.4, 0.5) is 0 Å². The molecule has 0 radical (unpaired) electrons. The molecule has 2 aromatic rings. The van der Waals surface area contributed by atoms with Crippen LogP contribution in [0.15, 0.2) is 45.3 Å². The van der Waals surface area contributed by atoms with Crippen molar-refractivity contribution < 1.29 is 0 Å². The van der Waals surface area contributed by atoms with Crippen molar-refractivity contribution >= 4 is 31.9 Å². The largest absolute Gasteiger partial charge is 0.0533 e. The number of halogens is 2. The predicted octanol–water partition coefficient (Wildman–Crippen LogP) is 5.37. The fourth-order valence-electron chi connectivity index (χ4n) is 2.56. The molecule has 0 bridgehead atoms. The van der Waals surface area contributed by atoms with Crippen LogP contribution in [0, 0.1) is 0 Å². The SMILES string of the molecule is Brc1ccc(-c2ccc(Br)c3c2CCC3)cc1. The summed E-state index contributed by atoms with van der Waals surface area (Å²) in [5.41, 5.74) is 5.75. The first-order valence-electron chi connectivity index (χ1n) is 5.82. The first-order chi connectivity index (χ1) is 8.25. The third kappa shape index (κ3) is 2.09. The molecule has 1 aliphatic rings. The molecule has 1 aliphatic carbocycles. The first-order valence-corrected chi connectivity index (χ1v) is 7.40. The Morgan fingerprint density at radius 1 is 0.765 bits per heavy atom. The van der Waals surface area contributed by atoms with E-state index in [0.29, 0.717) is 0 Å². The van der Waals surface area contributed by atoms with Gasteiger partial charge in [-0.3, -0.25) is 0 Å². The van der Waals surface area contributed by atoms with Gasteiger partial charge < -0.3 is 0 Å². The molecule has 0 aliphatic heterocycles. The lowest BCUT2D eigenvalue weighted by Crippen LogP contribution is -1.89. The van der Waals surface area contributed by atoms with E-state index in [1.54, 1.807) is 0 Å². The predicted molar refractivity (Wildman–Crippen MR) is 79.3 cm³/mol. The van der Waals surface area contributed by atoms with E-state index < -0.39 is 0 Å². The van der Waals surface area contributed by atoms with Crippen molar-refractivity contribution in [2.45, 2.75) is 19.3 Å². The van der Waals surface area contributed by atoms with Gasteiger partial charge in [-0.2, -0.15) is 0 Å². The third-order valence-electron chi connectivity index (χ3n) is 3.38. The number of hydrogen-bond donors (Lipinski definition) is 0. The van der Waals surface area contributed by atoms with E-state index in [1.807, 2.05) is 0 Å². The molecule has 86 valence electrons. The summed E-state index contributed by atoms with van der Waals surface area (Å²) in [6.07, 6.45) is 3.70. The molecule has 0 saturated carbocycles. The standard InChI is InChI=1S/C15H12Br2/c16-11-6-4-10(5-7-11)12-8-9-15(17)14-3-1-2-13(12)14/h4-9H,1-3H2. The quantitative estimate of drug-likeness (QED) is 0.648. The van der Waals surface area contributed by atoms with Gasteiger partial charge >= 0.3 is 0 Å². The number of rotatable bonds is 1. The van der Waals surface area contributed by atoms with Gasteiger partial charge in [0.15, 0.2) is 0 Å². The van der Waals surface area contributed by atoms with Gasteiger partial charge in [0.05, 0.1) is 0 Å². The lowest BCUT2D eigenvalue weighted by atomic mass is 9.97. The highest BCUT2D eigenvalue weighted by atomic mass is 79.9. The van der Waals surface area contributed by atoms with E-state index in [2.05, 4.69) is 68.3 Å². The molecule has 0 N–H and O–H groups in total. The average molecular weight is 352 g/mol. The second kappa shape index (κ2) is 4.58. The van der Waals surface area contributed by atoms with Crippen LogP contribution in [-0.2, 0) is 12.8 Å². The van der Waals surface area contributed by atoms with E-state index in [1.165, 1.54) is 46.0 Å². The van der Waals surface area contributed by atoms with Crippen LogP contribution in [0.5, 0.6) is 0 Å². The molecular formula is C15H12Br2. The Bertz CT molecular complexity index is 556. The van der Waals surface area contributed by atoms with Gasteiger partial charge in [0.25, 0.3) is 0 Å². The molecule has 2 heteroatoms. The Morgan fingerprint density at radius 2 is 1.47 bits per heavy atom. The van der Waals surface area contributed by atoms with Gasteiger partial charge in [0.1, 0.15) is 0 Å². The van der Waals surface area contributed by atoms with Crippen LogP contribution in [0.1, 0.15) is 17.5 Å². The van der Waals surface area contributed by atoms with E-state index in [9.17, 15) is 0 Å². The van der Waals surface area contributed by atoms with Crippen LogP contribution >= 0.6 is 31.9 Å². The molecule has 0 aromatic heterocycles. The monoisotopic (exact) mass is 350 g/mol. The summed E-state index contributed by atoms with van der Waals surface area (Å²) in [6, 6.07) is 13.0. The Labute approximate surface area is 118 Å². The van der Waals surface area contributed by atoms with Crippen molar-refractivity contribution in [1.29, 1.82) is 0 Å². The summed E-state index contributed by atoms with van der Waals surface area (Å²) in [5.74, 6) is 0. The lowest BCUT2D eigenvalue weighted by Gasteiger charge is -2.10. The van der Waals surface area contributed by atoms with E-state index >= 15 is 0 Å². The third-order valence-corrected chi connectivity index (χ3v) is 4.65. The Morgan fingerprint density at radius 3 is 2.24 bits per heavy atom. The van der Waals surface area contributed by atoms with Gasteiger partial charge in [-0.15, -0.1) is 0 Å². The molecule has 2 aromatic carbocycles. The minimum atomic E-state index is 1.13. The molecule has 17 heavy (non-hydrogen) atoms. The molecule has 0 heterocycles. The summed E-state index contributed by atoms with van der Waals surface area (Å²) >= 11 is 7.14. The molecule has 0 unspecified atom stereocenters. The highest BCUT2D eigenvalue weighted by Crippen LogP contribution is 2.36. The summed E-state index contributed by atoms with van der Waals surface area (Å²) in [5, 5.41) is 0. The van der Waals surface area contributed by atoms with Gasteiger partial charge in [0.2, 0.25) is 0 Å². The van der Waals surface area contributed by atoms with E-state index in [4.69, 9.17) is 0 Å². The average Bonchev–Trinajstić information content (AvgIpc) is 2.81. The van der Waals surface area contributed by atoms with Crippen molar-refractivity contribution in [3.63, 3.8) is 0 Å². The second-order valence-corrected chi connectivity index (χ2v) is 6.18. The summed E-state index contributed by atoms with van der Waals surface area (Å²) in [6.45, 7) is 0. The lowest BCUT2D eigenvalue weighted by molar-refractivity contribution is 0.911. The zero-order chi connectivity index (χ0) is 11.8. The topological polar surface area (TPSA) is 0 Å². The minimum absolute atomic E-state index is 1.13. The van der Waals surface area contributed by atoms with Gasteiger partial charge in [-0.1, -0.05) is 50.1 Å². The van der Waals surface area contributed by atoms with Crippen LogP contribution in [-0.4, -0.2) is 0 Å². The van der Waals surface area contributed by atoms with Gasteiger partial charge in [-0.05, 0) is 59.7 Å². The maximum Gasteiger partial charge on any atom is 0.0210 e. The van der Waals surface area contributed by atoms with Crippen molar-refractivity contribution in [3.8, 4) is 11.1 Å². The van der Waals surface area contributed by atoms with Crippen molar-refractivity contribution in [1.82, 2.24) is 0 Å². The maximum atomic E-state index is 3.66. The smallest absolute Gasteiger partial charge is 0.0210 e. The second-order valence-electron chi connectivity index (χ2n) is 4.41. The van der Waals surface area contributed by atoms with Crippen molar-refractivity contribution in [3.05, 3.63) is 56.5 Å². The first kappa shape index (κ1) is 11.5. The molecule has 0 saturated heterocycles. The minimum Gasteiger partial charge on any atom is -0.0533 e. The van der Waals surface area contributed by atoms with Gasteiger partial charge in [-0.25, -0.2) is 0 Å². The summed E-state index contributed by atoms with van der Waals surface area (Å²) in [4.78, 5) is 0. The van der Waals surface area contributed by atoms with E-state index in [0.717, 1.165) is 4.47 Å². The summed E-state index contributed by atoms with van der Waals surface area (Å²) < 4.78 is 2.40. The van der Waals surface area contributed by atoms with E-state index in [-0.39, 0.29) is 0 Å². The number of fused-ring (bicyclic) bond motifs is 1. The molecular weight excluding hydrogens is 340 g/mol. The fraction of sp³-hybridized carbons (Fsp3) is 0.200. The molecule has 0 spiro atoms. The van der Waals surface area contributed by atoms with Crippen LogP contribution in [0.25, 0.3) is 11.1 Å². The van der Waals surface area contributed by atoms with Crippen LogP contribution < -0.4 is 0 Å². The molecule has 0 fully saturated rings. The Hall–Kier alpha value is -0.600. The van der Waals surface area contributed by atoms with Crippen LogP contribution in [0.2, 0.25) is 0 Å².